The van der Waals surface area contributed by atoms with Crippen molar-refractivity contribution in [2.24, 2.45) is 0 Å². The number of hydrogen-bond donors (Lipinski definition) is 1. The van der Waals surface area contributed by atoms with Crippen molar-refractivity contribution >= 4 is 5.82 Å². The molecular weight excluding hydrogens is 258 g/mol. The molecule has 3 heteroatoms. The summed E-state index contributed by atoms with van der Waals surface area (Å²) >= 11 is 0. The van der Waals surface area contributed by atoms with Gasteiger partial charge in [-0.15, -0.1) is 0 Å². The molecule has 1 heterocycles. The van der Waals surface area contributed by atoms with Crippen molar-refractivity contribution in [3.05, 3.63) is 66.0 Å². The molecule has 0 spiro atoms. The summed E-state index contributed by atoms with van der Waals surface area (Å²) in [5, 5.41) is 0. The molecular formula is C18H17N3. The molecule has 0 unspecified atom stereocenters. The molecule has 3 rings (SSSR count). The molecule has 0 aliphatic rings. The van der Waals surface area contributed by atoms with Gasteiger partial charge in [0.25, 0.3) is 0 Å². The van der Waals surface area contributed by atoms with E-state index in [2.05, 4.69) is 46.4 Å². The molecule has 21 heavy (non-hydrogen) atoms. The lowest BCUT2D eigenvalue weighted by atomic mass is 10.0. The van der Waals surface area contributed by atoms with Crippen LogP contribution in [0.15, 0.2) is 54.6 Å². The van der Waals surface area contributed by atoms with Crippen LogP contribution in [-0.4, -0.2) is 9.97 Å². The number of nitrogens with two attached hydrogens (primary N) is 1. The predicted molar refractivity (Wildman–Crippen MR) is 86.8 cm³/mol. The standard InChI is InChI=1S/C18H17N3/c1-12-17(20-13(2)21-18(12)19)16-10-8-15(9-11-16)14-6-4-3-5-7-14/h3-11H,1-2H3,(H2,19,20,21). The first-order valence-electron chi connectivity index (χ1n) is 6.92. The van der Waals surface area contributed by atoms with Crippen molar-refractivity contribution in [3.8, 4) is 22.4 Å². The Morgan fingerprint density at radius 3 is 1.95 bits per heavy atom. The Morgan fingerprint density at radius 1 is 0.714 bits per heavy atom. The summed E-state index contributed by atoms with van der Waals surface area (Å²) in [6.07, 6.45) is 0. The molecule has 2 aromatic carbocycles. The molecule has 0 amide bonds. The molecule has 3 aromatic rings. The highest BCUT2D eigenvalue weighted by atomic mass is 14.9. The quantitative estimate of drug-likeness (QED) is 0.768. The van der Waals surface area contributed by atoms with E-state index in [1.54, 1.807) is 0 Å². The average molecular weight is 275 g/mol. The number of aromatic nitrogens is 2. The molecule has 0 fully saturated rings. The summed E-state index contributed by atoms with van der Waals surface area (Å²) in [6, 6.07) is 18.7. The van der Waals surface area contributed by atoms with E-state index in [4.69, 9.17) is 5.73 Å². The number of rotatable bonds is 2. The van der Waals surface area contributed by atoms with Crippen molar-refractivity contribution in [1.29, 1.82) is 0 Å². The summed E-state index contributed by atoms with van der Waals surface area (Å²) in [6.45, 7) is 3.81. The monoisotopic (exact) mass is 275 g/mol. The summed E-state index contributed by atoms with van der Waals surface area (Å²) in [4.78, 5) is 8.71. The molecule has 0 atom stereocenters. The lowest BCUT2D eigenvalue weighted by molar-refractivity contribution is 1.05. The number of hydrogen-bond acceptors (Lipinski definition) is 3. The average Bonchev–Trinajstić information content (AvgIpc) is 2.52. The molecule has 0 saturated heterocycles. The zero-order chi connectivity index (χ0) is 14.8. The fourth-order valence-corrected chi connectivity index (χ4v) is 2.38. The van der Waals surface area contributed by atoms with Crippen LogP contribution in [0.25, 0.3) is 22.4 Å². The van der Waals surface area contributed by atoms with Gasteiger partial charge in [-0.05, 0) is 25.0 Å². The second-order valence-corrected chi connectivity index (χ2v) is 5.07. The van der Waals surface area contributed by atoms with E-state index in [1.165, 1.54) is 11.1 Å². The van der Waals surface area contributed by atoms with Gasteiger partial charge >= 0.3 is 0 Å². The van der Waals surface area contributed by atoms with Crippen molar-refractivity contribution < 1.29 is 0 Å². The van der Waals surface area contributed by atoms with E-state index < -0.39 is 0 Å². The molecule has 0 bridgehead atoms. The maximum atomic E-state index is 5.93. The smallest absolute Gasteiger partial charge is 0.130 e. The Hall–Kier alpha value is -2.68. The SMILES string of the molecule is Cc1nc(N)c(C)c(-c2ccc(-c3ccccc3)cc2)n1. The van der Waals surface area contributed by atoms with Crippen LogP contribution >= 0.6 is 0 Å². The largest absolute Gasteiger partial charge is 0.383 e. The van der Waals surface area contributed by atoms with Crippen LogP contribution in [-0.2, 0) is 0 Å². The number of benzene rings is 2. The summed E-state index contributed by atoms with van der Waals surface area (Å²) in [5.41, 5.74) is 11.2. The molecule has 0 saturated carbocycles. The molecule has 104 valence electrons. The van der Waals surface area contributed by atoms with Gasteiger partial charge < -0.3 is 5.73 Å². The molecule has 2 N–H and O–H groups in total. The first kappa shape index (κ1) is 13.3. The van der Waals surface area contributed by atoms with E-state index in [1.807, 2.05) is 32.0 Å². The molecule has 3 nitrogen and oxygen atoms in total. The molecule has 0 radical (unpaired) electrons. The zero-order valence-electron chi connectivity index (χ0n) is 12.2. The van der Waals surface area contributed by atoms with E-state index >= 15 is 0 Å². The third-order valence-electron chi connectivity index (χ3n) is 3.56. The van der Waals surface area contributed by atoms with Gasteiger partial charge in [-0.2, -0.15) is 0 Å². The Morgan fingerprint density at radius 2 is 1.29 bits per heavy atom. The van der Waals surface area contributed by atoms with Crippen LogP contribution in [0, 0.1) is 13.8 Å². The third kappa shape index (κ3) is 2.63. The molecule has 1 aromatic heterocycles. The first-order chi connectivity index (χ1) is 10.1. The van der Waals surface area contributed by atoms with Gasteiger partial charge in [0.2, 0.25) is 0 Å². The van der Waals surface area contributed by atoms with Crippen LogP contribution in [0.1, 0.15) is 11.4 Å². The lowest BCUT2D eigenvalue weighted by Crippen LogP contribution is -2.02. The van der Waals surface area contributed by atoms with Gasteiger partial charge in [0, 0.05) is 11.1 Å². The highest BCUT2D eigenvalue weighted by molar-refractivity contribution is 5.71. The van der Waals surface area contributed by atoms with Gasteiger partial charge in [0.15, 0.2) is 0 Å². The van der Waals surface area contributed by atoms with Crippen LogP contribution in [0.2, 0.25) is 0 Å². The fourth-order valence-electron chi connectivity index (χ4n) is 2.38. The van der Waals surface area contributed by atoms with Crippen LogP contribution in [0.4, 0.5) is 5.82 Å². The summed E-state index contributed by atoms with van der Waals surface area (Å²) < 4.78 is 0. The van der Waals surface area contributed by atoms with E-state index in [-0.39, 0.29) is 0 Å². The molecule has 0 aliphatic heterocycles. The van der Waals surface area contributed by atoms with E-state index in [0.29, 0.717) is 11.6 Å². The topological polar surface area (TPSA) is 51.8 Å². The van der Waals surface area contributed by atoms with Gasteiger partial charge in [0.05, 0.1) is 5.69 Å². The van der Waals surface area contributed by atoms with Crippen molar-refractivity contribution in [2.75, 3.05) is 5.73 Å². The third-order valence-corrected chi connectivity index (χ3v) is 3.56. The second kappa shape index (κ2) is 5.37. The van der Waals surface area contributed by atoms with Crippen LogP contribution < -0.4 is 5.73 Å². The maximum absolute atomic E-state index is 5.93. The van der Waals surface area contributed by atoms with Crippen LogP contribution in [0.5, 0.6) is 0 Å². The minimum absolute atomic E-state index is 0.546. The van der Waals surface area contributed by atoms with Crippen molar-refractivity contribution in [3.63, 3.8) is 0 Å². The number of anilines is 1. The van der Waals surface area contributed by atoms with Gasteiger partial charge in [0.1, 0.15) is 11.6 Å². The van der Waals surface area contributed by atoms with Gasteiger partial charge in [-0.3, -0.25) is 0 Å². The Bertz CT molecular complexity index is 762. The fraction of sp³-hybridized carbons (Fsp3) is 0.111. The maximum Gasteiger partial charge on any atom is 0.130 e. The predicted octanol–water partition coefficient (Wildman–Crippen LogP) is 4.01. The van der Waals surface area contributed by atoms with Crippen molar-refractivity contribution in [2.45, 2.75) is 13.8 Å². The minimum Gasteiger partial charge on any atom is -0.383 e. The number of nitrogen functional groups attached to an aromatic ring is 1. The first-order valence-corrected chi connectivity index (χ1v) is 6.92. The molecule has 0 aliphatic carbocycles. The number of nitrogens with zero attached hydrogens (tertiary/aromatic N) is 2. The Labute approximate surface area is 124 Å². The summed E-state index contributed by atoms with van der Waals surface area (Å²) in [7, 11) is 0. The van der Waals surface area contributed by atoms with Gasteiger partial charge in [-0.25, -0.2) is 9.97 Å². The summed E-state index contributed by atoms with van der Waals surface area (Å²) in [5.74, 6) is 1.24. The lowest BCUT2D eigenvalue weighted by Gasteiger charge is -2.09. The number of aryl methyl sites for hydroxylation is 1. The van der Waals surface area contributed by atoms with E-state index in [0.717, 1.165) is 16.8 Å². The normalized spacial score (nSPS) is 10.6. The Kier molecular flexibility index (Phi) is 3.40. The highest BCUT2D eigenvalue weighted by Gasteiger charge is 2.09. The second-order valence-electron chi connectivity index (χ2n) is 5.07. The Balaban J connectivity index is 2.02. The zero-order valence-corrected chi connectivity index (χ0v) is 12.2. The van der Waals surface area contributed by atoms with E-state index in [9.17, 15) is 0 Å². The highest BCUT2D eigenvalue weighted by Crippen LogP contribution is 2.27. The van der Waals surface area contributed by atoms with Gasteiger partial charge in [-0.1, -0.05) is 54.6 Å². The van der Waals surface area contributed by atoms with Crippen LogP contribution in [0.3, 0.4) is 0 Å². The minimum atomic E-state index is 0.546. The van der Waals surface area contributed by atoms with Crippen molar-refractivity contribution in [1.82, 2.24) is 9.97 Å².